The minimum absolute atomic E-state index is 0.324. The number of hydrogen-bond donors (Lipinski definition) is 2. The van der Waals surface area contributed by atoms with Gasteiger partial charge in [-0.2, -0.15) is 0 Å². The number of carbonyl (C=O) groups excluding carboxylic acids is 1. The van der Waals surface area contributed by atoms with Crippen molar-refractivity contribution in [1.29, 1.82) is 0 Å². The van der Waals surface area contributed by atoms with Gasteiger partial charge < -0.3 is 15.7 Å². The Morgan fingerprint density at radius 1 is 1.33 bits per heavy atom. The van der Waals surface area contributed by atoms with E-state index in [4.69, 9.17) is 10.8 Å². The summed E-state index contributed by atoms with van der Waals surface area (Å²) in [6.45, 7) is 3.67. The lowest BCUT2D eigenvalue weighted by molar-refractivity contribution is -0.144. The van der Waals surface area contributed by atoms with Crippen molar-refractivity contribution in [2.45, 2.75) is 19.9 Å². The predicted molar refractivity (Wildman–Crippen MR) is 68.0 cm³/mol. The van der Waals surface area contributed by atoms with Gasteiger partial charge >= 0.3 is 5.97 Å². The van der Waals surface area contributed by atoms with E-state index in [-0.39, 0.29) is 12.5 Å². The van der Waals surface area contributed by atoms with E-state index >= 15 is 0 Å². The fourth-order valence-corrected chi connectivity index (χ4v) is 1.62. The zero-order chi connectivity index (χ0) is 13.7. The molecule has 0 aliphatic heterocycles. The first-order valence-electron chi connectivity index (χ1n) is 5.78. The van der Waals surface area contributed by atoms with E-state index in [1.807, 2.05) is 19.1 Å². The van der Waals surface area contributed by atoms with Crippen LogP contribution in [0.1, 0.15) is 24.1 Å². The Morgan fingerprint density at radius 3 is 2.33 bits per heavy atom. The van der Waals surface area contributed by atoms with Crippen LogP contribution < -0.4 is 5.73 Å². The van der Waals surface area contributed by atoms with Gasteiger partial charge in [-0.05, 0) is 19.4 Å². The van der Waals surface area contributed by atoms with Crippen LogP contribution in [0.5, 0.6) is 0 Å². The fourth-order valence-electron chi connectivity index (χ4n) is 1.62. The van der Waals surface area contributed by atoms with Crippen LogP contribution in [-0.4, -0.2) is 35.0 Å². The number of rotatable bonds is 5. The van der Waals surface area contributed by atoms with Gasteiger partial charge in [0.15, 0.2) is 0 Å². The van der Waals surface area contributed by atoms with Crippen molar-refractivity contribution in [1.82, 2.24) is 4.90 Å². The lowest BCUT2D eigenvalue weighted by atomic mass is 10.0. The van der Waals surface area contributed by atoms with E-state index in [1.54, 1.807) is 19.1 Å². The van der Waals surface area contributed by atoms with Crippen molar-refractivity contribution < 1.29 is 14.7 Å². The third kappa shape index (κ3) is 3.56. The normalized spacial score (nSPS) is 11.9. The summed E-state index contributed by atoms with van der Waals surface area (Å²) >= 11 is 0. The second-order valence-electron chi connectivity index (χ2n) is 4.13. The van der Waals surface area contributed by atoms with Crippen molar-refractivity contribution in [3.63, 3.8) is 0 Å². The number of nitrogens with zero attached hydrogens (tertiary/aromatic N) is 1. The number of amides is 1. The first kappa shape index (κ1) is 14.2. The van der Waals surface area contributed by atoms with Gasteiger partial charge in [0.25, 0.3) is 0 Å². The quantitative estimate of drug-likeness (QED) is 0.814. The fraction of sp³-hybridized carbons (Fsp3) is 0.385. The summed E-state index contributed by atoms with van der Waals surface area (Å²) in [6, 6.07) is 6.50. The lowest BCUT2D eigenvalue weighted by Gasteiger charge is -2.22. The molecule has 0 fully saturated rings. The Balaban J connectivity index is 2.81. The number of likely N-dealkylation sites (N-methyl/N-ethyl adjacent to an activating group) is 1. The standard InChI is InChI=1S/C13H18N2O3/c1-3-15(8-11(16)17)13(18)12(14)10-6-4-9(2)5-7-10/h4-7,12H,3,8,14H2,1-2H3,(H,16,17). The smallest absolute Gasteiger partial charge is 0.323 e. The molecule has 0 spiro atoms. The van der Waals surface area contributed by atoms with Crippen molar-refractivity contribution in [3.8, 4) is 0 Å². The summed E-state index contributed by atoms with van der Waals surface area (Å²) in [5.41, 5.74) is 7.63. The summed E-state index contributed by atoms with van der Waals surface area (Å²) in [4.78, 5) is 23.9. The molecule has 3 N–H and O–H groups in total. The van der Waals surface area contributed by atoms with E-state index in [2.05, 4.69) is 0 Å². The van der Waals surface area contributed by atoms with Crippen LogP contribution in [0.4, 0.5) is 0 Å². The minimum Gasteiger partial charge on any atom is -0.480 e. The maximum atomic E-state index is 12.0. The van der Waals surface area contributed by atoms with Gasteiger partial charge in [-0.15, -0.1) is 0 Å². The van der Waals surface area contributed by atoms with Crippen molar-refractivity contribution in [2.24, 2.45) is 5.73 Å². The van der Waals surface area contributed by atoms with Gasteiger partial charge in [0.1, 0.15) is 12.6 Å². The molecule has 0 bridgehead atoms. The highest BCUT2D eigenvalue weighted by molar-refractivity contribution is 5.86. The van der Waals surface area contributed by atoms with Crippen molar-refractivity contribution in [2.75, 3.05) is 13.1 Å². The van der Waals surface area contributed by atoms with E-state index < -0.39 is 12.0 Å². The SMILES string of the molecule is CCN(CC(=O)O)C(=O)C(N)c1ccc(C)cc1. The zero-order valence-electron chi connectivity index (χ0n) is 10.6. The molecule has 5 heteroatoms. The third-order valence-corrected chi connectivity index (χ3v) is 2.72. The molecule has 0 saturated heterocycles. The molecular formula is C13H18N2O3. The third-order valence-electron chi connectivity index (χ3n) is 2.72. The number of aliphatic carboxylic acids is 1. The highest BCUT2D eigenvalue weighted by Crippen LogP contribution is 2.14. The minimum atomic E-state index is -1.04. The molecule has 0 heterocycles. The molecule has 0 aromatic heterocycles. The molecule has 0 aliphatic carbocycles. The number of aryl methyl sites for hydroxylation is 1. The Hall–Kier alpha value is -1.88. The first-order valence-corrected chi connectivity index (χ1v) is 5.78. The number of nitrogens with two attached hydrogens (primary N) is 1. The van der Waals surface area contributed by atoms with Crippen LogP contribution in [0.15, 0.2) is 24.3 Å². The molecule has 98 valence electrons. The van der Waals surface area contributed by atoms with Gasteiger partial charge in [-0.3, -0.25) is 9.59 Å². The van der Waals surface area contributed by atoms with Crippen molar-refractivity contribution >= 4 is 11.9 Å². The molecule has 1 atom stereocenters. The van der Waals surface area contributed by atoms with E-state index in [0.29, 0.717) is 12.1 Å². The van der Waals surface area contributed by atoms with E-state index in [1.165, 1.54) is 4.90 Å². The molecule has 1 rings (SSSR count). The van der Waals surface area contributed by atoms with Crippen LogP contribution in [0.3, 0.4) is 0 Å². The number of benzene rings is 1. The van der Waals surface area contributed by atoms with Crippen molar-refractivity contribution in [3.05, 3.63) is 35.4 Å². The average molecular weight is 250 g/mol. The van der Waals surface area contributed by atoms with E-state index in [9.17, 15) is 9.59 Å². The van der Waals surface area contributed by atoms with Gasteiger partial charge in [0.05, 0.1) is 0 Å². The van der Waals surface area contributed by atoms with Crippen LogP contribution in [-0.2, 0) is 9.59 Å². The molecule has 5 nitrogen and oxygen atoms in total. The Morgan fingerprint density at radius 2 is 1.89 bits per heavy atom. The topological polar surface area (TPSA) is 83.6 Å². The molecule has 0 aliphatic rings. The van der Waals surface area contributed by atoms with Gasteiger partial charge in [-0.1, -0.05) is 29.8 Å². The second kappa shape index (κ2) is 6.16. The zero-order valence-corrected chi connectivity index (χ0v) is 10.6. The average Bonchev–Trinajstić information content (AvgIpc) is 2.35. The number of carboxylic acid groups (broad SMARTS) is 1. The molecule has 0 saturated carbocycles. The van der Waals surface area contributed by atoms with E-state index in [0.717, 1.165) is 5.56 Å². The highest BCUT2D eigenvalue weighted by atomic mass is 16.4. The molecule has 0 radical (unpaired) electrons. The number of carbonyl (C=O) groups is 2. The van der Waals surface area contributed by atoms with Gasteiger partial charge in [0, 0.05) is 6.54 Å². The molecular weight excluding hydrogens is 232 g/mol. The van der Waals surface area contributed by atoms with Crippen LogP contribution >= 0.6 is 0 Å². The summed E-state index contributed by atoms with van der Waals surface area (Å²) in [6.07, 6.45) is 0. The first-order chi connectivity index (χ1) is 8.45. The molecule has 1 aromatic rings. The predicted octanol–water partition coefficient (Wildman–Crippen LogP) is 0.928. The maximum absolute atomic E-state index is 12.0. The van der Waals surface area contributed by atoms with Crippen LogP contribution in [0, 0.1) is 6.92 Å². The molecule has 1 aromatic carbocycles. The van der Waals surface area contributed by atoms with Gasteiger partial charge in [-0.25, -0.2) is 0 Å². The van der Waals surface area contributed by atoms with Gasteiger partial charge in [0.2, 0.25) is 5.91 Å². The summed E-state index contributed by atoms with van der Waals surface area (Å²) in [7, 11) is 0. The molecule has 1 amide bonds. The molecule has 1 unspecified atom stereocenters. The highest BCUT2D eigenvalue weighted by Gasteiger charge is 2.22. The Labute approximate surface area is 106 Å². The second-order valence-corrected chi connectivity index (χ2v) is 4.13. The number of hydrogen-bond acceptors (Lipinski definition) is 3. The molecule has 18 heavy (non-hydrogen) atoms. The Kier molecular flexibility index (Phi) is 4.85. The summed E-state index contributed by atoms with van der Waals surface area (Å²) in [5, 5.41) is 8.72. The monoisotopic (exact) mass is 250 g/mol. The Bertz CT molecular complexity index is 428. The summed E-state index contributed by atoms with van der Waals surface area (Å²) in [5.74, 6) is -1.41. The van der Waals surface area contributed by atoms with Crippen LogP contribution in [0.25, 0.3) is 0 Å². The maximum Gasteiger partial charge on any atom is 0.323 e. The summed E-state index contributed by atoms with van der Waals surface area (Å²) < 4.78 is 0. The van der Waals surface area contributed by atoms with Crippen LogP contribution in [0.2, 0.25) is 0 Å². The largest absolute Gasteiger partial charge is 0.480 e. The lowest BCUT2D eigenvalue weighted by Crippen LogP contribution is -2.41. The number of carboxylic acids is 1.